The van der Waals surface area contributed by atoms with Gasteiger partial charge < -0.3 is 18.9 Å². The number of carbonyl (C=O) groups excluding carboxylic acids is 1. The first kappa shape index (κ1) is 23.7. The van der Waals surface area contributed by atoms with Gasteiger partial charge >= 0.3 is 0 Å². The van der Waals surface area contributed by atoms with E-state index in [1.807, 2.05) is 10.9 Å². The molecular weight excluding hydrogens is 350 g/mol. The lowest BCUT2D eigenvalue weighted by Crippen LogP contribution is -2.13. The summed E-state index contributed by atoms with van der Waals surface area (Å²) in [6.45, 7) is 8.65. The molecule has 156 valence electrons. The predicted molar refractivity (Wildman–Crippen MR) is 102 cm³/mol. The van der Waals surface area contributed by atoms with E-state index < -0.39 is 0 Å². The molecule has 27 heavy (non-hydrogen) atoms. The normalized spacial score (nSPS) is 11.2. The summed E-state index contributed by atoms with van der Waals surface area (Å²) in [7, 11) is 0. The number of aromatic nitrogens is 3. The van der Waals surface area contributed by atoms with Crippen LogP contribution >= 0.6 is 0 Å². The van der Waals surface area contributed by atoms with Crippen LogP contribution in [0.25, 0.3) is 0 Å². The topological polar surface area (TPSA) is 84.7 Å². The number of ketones is 1. The minimum Gasteiger partial charge on any atom is -0.379 e. The fourth-order valence-electron chi connectivity index (χ4n) is 2.25. The highest BCUT2D eigenvalue weighted by Crippen LogP contribution is 2.02. The zero-order valence-corrected chi connectivity index (χ0v) is 16.9. The van der Waals surface area contributed by atoms with Crippen molar-refractivity contribution in [3.05, 3.63) is 11.9 Å². The molecule has 0 N–H and O–H groups in total. The number of nitrogens with zero attached hydrogens (tertiary/aromatic N) is 3. The summed E-state index contributed by atoms with van der Waals surface area (Å²) in [5, 5.41) is 8.28. The molecular formula is C19H35N3O5. The Balaban J connectivity index is 1.82. The van der Waals surface area contributed by atoms with Crippen molar-refractivity contribution in [2.24, 2.45) is 0 Å². The van der Waals surface area contributed by atoms with E-state index in [0.29, 0.717) is 65.8 Å². The second-order valence-corrected chi connectivity index (χ2v) is 6.33. The van der Waals surface area contributed by atoms with E-state index in [1.54, 1.807) is 6.92 Å². The first-order chi connectivity index (χ1) is 13.2. The number of carbonyl (C=O) groups is 1. The zero-order chi connectivity index (χ0) is 19.6. The summed E-state index contributed by atoms with van der Waals surface area (Å²) in [5.74, 6) is 0.139. The Labute approximate surface area is 162 Å². The molecule has 0 aromatic carbocycles. The third kappa shape index (κ3) is 14.4. The molecule has 0 spiro atoms. The quantitative estimate of drug-likeness (QED) is 0.337. The average Bonchev–Trinajstić information content (AvgIpc) is 3.09. The number of hydrogen-bond acceptors (Lipinski definition) is 7. The lowest BCUT2D eigenvalue weighted by atomic mass is 10.2. The van der Waals surface area contributed by atoms with E-state index in [0.717, 1.165) is 12.1 Å². The molecule has 1 heterocycles. The van der Waals surface area contributed by atoms with E-state index in [-0.39, 0.29) is 5.78 Å². The summed E-state index contributed by atoms with van der Waals surface area (Å²) >= 11 is 0. The zero-order valence-electron chi connectivity index (χ0n) is 16.9. The Kier molecular flexibility index (Phi) is 14.7. The van der Waals surface area contributed by atoms with Crippen molar-refractivity contribution in [3.63, 3.8) is 0 Å². The molecule has 0 saturated carbocycles. The largest absolute Gasteiger partial charge is 0.379 e. The first-order valence-electron chi connectivity index (χ1n) is 9.91. The number of ether oxygens (including phenoxy) is 4. The van der Waals surface area contributed by atoms with Crippen LogP contribution in [0.15, 0.2) is 6.20 Å². The van der Waals surface area contributed by atoms with Crippen LogP contribution in [0, 0.1) is 0 Å². The van der Waals surface area contributed by atoms with Crippen molar-refractivity contribution in [3.8, 4) is 0 Å². The van der Waals surface area contributed by atoms with E-state index in [9.17, 15) is 4.79 Å². The highest BCUT2D eigenvalue weighted by Gasteiger charge is 2.00. The lowest BCUT2D eigenvalue weighted by molar-refractivity contribution is -0.118. The van der Waals surface area contributed by atoms with Crippen LogP contribution in [0.4, 0.5) is 0 Å². The molecule has 0 fully saturated rings. The van der Waals surface area contributed by atoms with Gasteiger partial charge in [0.2, 0.25) is 0 Å². The van der Waals surface area contributed by atoms with E-state index >= 15 is 0 Å². The summed E-state index contributed by atoms with van der Waals surface area (Å²) in [6, 6.07) is 0. The molecule has 8 nitrogen and oxygen atoms in total. The number of aryl methyl sites for hydroxylation is 1. The monoisotopic (exact) mass is 385 g/mol. The van der Waals surface area contributed by atoms with Crippen LogP contribution in [-0.4, -0.2) is 73.6 Å². The fourth-order valence-corrected chi connectivity index (χ4v) is 2.25. The number of unbranched alkanes of at least 4 members (excludes halogenated alkanes) is 2. The maximum atomic E-state index is 10.7. The van der Waals surface area contributed by atoms with Gasteiger partial charge in [-0.25, -0.2) is 4.68 Å². The van der Waals surface area contributed by atoms with Gasteiger partial charge in [-0.2, -0.15) is 0 Å². The molecule has 0 bridgehead atoms. The molecule has 1 rings (SSSR count). The summed E-state index contributed by atoms with van der Waals surface area (Å²) < 4.78 is 23.4. The third-order valence-corrected chi connectivity index (χ3v) is 3.80. The van der Waals surface area contributed by atoms with Crippen LogP contribution in [0.3, 0.4) is 0 Å². The van der Waals surface area contributed by atoms with Gasteiger partial charge in [-0.3, -0.25) is 4.79 Å². The van der Waals surface area contributed by atoms with Gasteiger partial charge in [0.15, 0.2) is 0 Å². The Morgan fingerprint density at radius 3 is 2.11 bits per heavy atom. The summed E-state index contributed by atoms with van der Waals surface area (Å²) in [5.41, 5.74) is 1.05. The van der Waals surface area contributed by atoms with Crippen LogP contribution in [-0.2, 0) is 36.7 Å². The molecule has 0 unspecified atom stereocenters. The van der Waals surface area contributed by atoms with Crippen LogP contribution in [0.5, 0.6) is 0 Å². The molecule has 0 aliphatic heterocycles. The fraction of sp³-hybridized carbons (Fsp3) is 0.842. The molecule has 0 amide bonds. The van der Waals surface area contributed by atoms with Gasteiger partial charge in [-0.1, -0.05) is 25.0 Å². The van der Waals surface area contributed by atoms with Gasteiger partial charge in [-0.05, 0) is 19.8 Å². The molecule has 0 atom stereocenters. The van der Waals surface area contributed by atoms with Crippen molar-refractivity contribution < 1.29 is 23.7 Å². The van der Waals surface area contributed by atoms with Gasteiger partial charge in [0.05, 0.1) is 65.1 Å². The molecule has 1 aromatic heterocycles. The smallest absolute Gasteiger partial charge is 0.132 e. The number of rotatable bonds is 19. The Morgan fingerprint density at radius 2 is 1.52 bits per heavy atom. The van der Waals surface area contributed by atoms with E-state index in [4.69, 9.17) is 18.9 Å². The summed E-state index contributed by atoms with van der Waals surface area (Å²) in [6.07, 6.45) is 7.06. The number of Topliss-reactive ketones (excluding diaryl/α,β-unsaturated/α-hetero) is 1. The van der Waals surface area contributed by atoms with Crippen molar-refractivity contribution in [2.45, 2.75) is 52.5 Å². The second-order valence-electron chi connectivity index (χ2n) is 6.33. The highest BCUT2D eigenvalue weighted by atomic mass is 16.6. The lowest BCUT2D eigenvalue weighted by Gasteiger charge is -2.07. The Morgan fingerprint density at radius 1 is 0.926 bits per heavy atom. The van der Waals surface area contributed by atoms with Crippen LogP contribution < -0.4 is 0 Å². The van der Waals surface area contributed by atoms with Crippen molar-refractivity contribution >= 4 is 5.78 Å². The number of hydrogen-bond donors (Lipinski definition) is 0. The summed E-state index contributed by atoms with van der Waals surface area (Å²) in [4.78, 5) is 10.7. The Hall–Kier alpha value is -1.35. The molecule has 0 aliphatic rings. The van der Waals surface area contributed by atoms with E-state index in [1.165, 1.54) is 19.3 Å². The van der Waals surface area contributed by atoms with Gasteiger partial charge in [0.1, 0.15) is 5.78 Å². The van der Waals surface area contributed by atoms with Gasteiger partial charge in [0, 0.05) is 12.6 Å². The van der Waals surface area contributed by atoms with Crippen molar-refractivity contribution in [1.29, 1.82) is 0 Å². The van der Waals surface area contributed by atoms with Crippen molar-refractivity contribution in [1.82, 2.24) is 15.0 Å². The molecule has 0 saturated heterocycles. The minimum atomic E-state index is 0.139. The third-order valence-electron chi connectivity index (χ3n) is 3.80. The maximum Gasteiger partial charge on any atom is 0.132 e. The van der Waals surface area contributed by atoms with Crippen LogP contribution in [0.1, 0.15) is 45.2 Å². The van der Waals surface area contributed by atoms with Crippen molar-refractivity contribution in [2.75, 3.05) is 52.9 Å². The minimum absolute atomic E-state index is 0.139. The van der Waals surface area contributed by atoms with Gasteiger partial charge in [0.25, 0.3) is 0 Å². The molecule has 0 radical (unpaired) electrons. The molecule has 0 aliphatic carbocycles. The molecule has 1 aromatic rings. The SMILES string of the molecule is CCCCCc1cn(CCOCCOCCOCCOCCC(C)=O)nn1. The van der Waals surface area contributed by atoms with Crippen LogP contribution in [0.2, 0.25) is 0 Å². The standard InChI is InChI=1S/C19H35N3O5/c1-3-4-5-6-19-17-22(21-20-19)8-10-25-12-14-27-16-15-26-13-11-24-9-7-18(2)23/h17H,3-16H2,1-2H3. The maximum absolute atomic E-state index is 10.7. The second kappa shape index (κ2) is 16.8. The van der Waals surface area contributed by atoms with E-state index in [2.05, 4.69) is 17.2 Å². The first-order valence-corrected chi connectivity index (χ1v) is 9.91. The van der Waals surface area contributed by atoms with Gasteiger partial charge in [-0.15, -0.1) is 5.10 Å². The highest BCUT2D eigenvalue weighted by molar-refractivity contribution is 5.75. The molecule has 8 heteroatoms. The predicted octanol–water partition coefficient (Wildman–Crippen LogP) is 2.06. The average molecular weight is 386 g/mol. The Bertz CT molecular complexity index is 482.